The van der Waals surface area contributed by atoms with Gasteiger partial charge in [0.2, 0.25) is 0 Å². The molecule has 5 rings (SSSR count). The lowest BCUT2D eigenvalue weighted by atomic mass is 9.79. The van der Waals surface area contributed by atoms with E-state index in [2.05, 4.69) is 17.1 Å². The van der Waals surface area contributed by atoms with E-state index in [-0.39, 0.29) is 23.4 Å². The molecule has 2 N–H and O–H groups in total. The van der Waals surface area contributed by atoms with Crippen LogP contribution in [0.3, 0.4) is 0 Å². The molecule has 2 amide bonds. The van der Waals surface area contributed by atoms with Gasteiger partial charge in [-0.1, -0.05) is 17.4 Å². The number of piperidine rings is 3. The molecule has 2 unspecified atom stereocenters. The van der Waals surface area contributed by atoms with Crippen molar-refractivity contribution in [3.8, 4) is 10.8 Å². The number of rotatable bonds is 5. The molecule has 0 radical (unpaired) electrons. The molecule has 4 heterocycles. The maximum absolute atomic E-state index is 12.7. The van der Waals surface area contributed by atoms with Crippen molar-refractivity contribution in [1.82, 2.24) is 10.2 Å². The maximum atomic E-state index is 12.7. The minimum Gasteiger partial charge on any atom is -0.447 e. The van der Waals surface area contributed by atoms with Gasteiger partial charge >= 0.3 is 12.1 Å². The number of carbonyl (C=O) groups is 2. The van der Waals surface area contributed by atoms with Crippen LogP contribution in [-0.4, -0.2) is 48.1 Å². The van der Waals surface area contributed by atoms with E-state index in [1.54, 1.807) is 23.5 Å². The Morgan fingerprint density at radius 1 is 1.16 bits per heavy atom. The van der Waals surface area contributed by atoms with E-state index in [4.69, 9.17) is 4.74 Å². The van der Waals surface area contributed by atoms with Crippen molar-refractivity contribution < 1.29 is 27.5 Å². The summed E-state index contributed by atoms with van der Waals surface area (Å²) in [5.41, 5.74) is -0.0364. The third kappa shape index (κ3) is 4.85. The molecule has 3 fully saturated rings. The zero-order valence-electron chi connectivity index (χ0n) is 16.7. The first-order chi connectivity index (χ1) is 14.7. The Morgan fingerprint density at radius 2 is 1.90 bits per heavy atom. The van der Waals surface area contributed by atoms with E-state index in [0.717, 1.165) is 37.3 Å². The second-order valence-corrected chi connectivity index (χ2v) is 8.86. The number of nitrogens with zero attached hydrogens (tertiary/aromatic N) is 1. The highest BCUT2D eigenvalue weighted by atomic mass is 32.1. The molecule has 3 saturated heterocycles. The van der Waals surface area contributed by atoms with Gasteiger partial charge in [0.25, 0.3) is 5.91 Å². The van der Waals surface area contributed by atoms with Crippen molar-refractivity contribution in [2.24, 2.45) is 5.92 Å². The van der Waals surface area contributed by atoms with E-state index < -0.39 is 12.1 Å². The summed E-state index contributed by atoms with van der Waals surface area (Å²) in [6.07, 6.45) is -2.79. The van der Waals surface area contributed by atoms with Crippen molar-refractivity contribution >= 4 is 28.8 Å². The van der Waals surface area contributed by atoms with Crippen LogP contribution in [0.4, 0.5) is 18.9 Å². The SMILES string of the molecule is CC1C(NC(=O)c2ccc(Oc3cccc(NC(=O)C(F)(F)F)c3)s2)C2CCN1CC2. The zero-order chi connectivity index (χ0) is 22.2. The fraction of sp³-hybridized carbons (Fsp3) is 0.429. The molecule has 1 aromatic heterocycles. The van der Waals surface area contributed by atoms with Gasteiger partial charge in [-0.15, -0.1) is 0 Å². The third-order valence-corrected chi connectivity index (χ3v) is 6.81. The number of hydrogen-bond acceptors (Lipinski definition) is 5. The summed E-state index contributed by atoms with van der Waals surface area (Å²) in [6, 6.07) is 9.38. The minimum atomic E-state index is -4.97. The first-order valence-electron chi connectivity index (χ1n) is 10.0. The van der Waals surface area contributed by atoms with Crippen LogP contribution in [0.5, 0.6) is 10.8 Å². The van der Waals surface area contributed by atoms with Gasteiger partial charge in [0.1, 0.15) is 5.75 Å². The molecule has 3 aliphatic rings. The molecule has 0 aliphatic carbocycles. The number of nitrogens with one attached hydrogen (secondary N) is 2. The molecule has 1 aromatic carbocycles. The average Bonchev–Trinajstić information content (AvgIpc) is 3.19. The van der Waals surface area contributed by atoms with Crippen LogP contribution < -0.4 is 15.4 Å². The fourth-order valence-corrected chi connectivity index (χ4v) is 5.00. The third-order valence-electron chi connectivity index (χ3n) is 5.85. The predicted molar refractivity (Wildman–Crippen MR) is 111 cm³/mol. The summed E-state index contributed by atoms with van der Waals surface area (Å²) in [6.45, 7) is 4.30. The summed E-state index contributed by atoms with van der Waals surface area (Å²) >= 11 is 1.15. The first-order valence-corrected chi connectivity index (χ1v) is 10.8. The molecule has 2 bridgehead atoms. The Bertz CT molecular complexity index is 968. The van der Waals surface area contributed by atoms with Gasteiger partial charge in [0.15, 0.2) is 5.06 Å². The van der Waals surface area contributed by atoms with Crippen LogP contribution in [-0.2, 0) is 4.79 Å². The minimum absolute atomic E-state index is 0.0364. The molecular weight excluding hydrogens is 431 g/mol. The van der Waals surface area contributed by atoms with E-state index in [0.29, 0.717) is 21.9 Å². The van der Waals surface area contributed by atoms with Crippen molar-refractivity contribution in [3.05, 3.63) is 41.3 Å². The number of anilines is 1. The fourth-order valence-electron chi connectivity index (χ4n) is 4.22. The summed E-state index contributed by atoms with van der Waals surface area (Å²) in [5, 5.41) is 5.37. The molecule has 166 valence electrons. The van der Waals surface area contributed by atoms with Gasteiger partial charge < -0.3 is 15.4 Å². The number of hydrogen-bond donors (Lipinski definition) is 2. The Kier molecular flexibility index (Phi) is 5.94. The smallest absolute Gasteiger partial charge is 0.447 e. The standard InChI is InChI=1S/C21H22F3N3O3S/c1-12-18(13-7-9-27(12)10-8-13)26-19(28)16-5-6-17(31-16)30-15-4-2-3-14(11-15)25-20(29)21(22,23)24/h2-6,11-13,18H,7-10H2,1H3,(H,25,29)(H,26,28). The molecule has 0 saturated carbocycles. The van der Waals surface area contributed by atoms with E-state index >= 15 is 0 Å². The molecule has 0 spiro atoms. The monoisotopic (exact) mass is 453 g/mol. The summed E-state index contributed by atoms with van der Waals surface area (Å²) in [5.74, 6) is -1.47. The molecule has 31 heavy (non-hydrogen) atoms. The number of carbonyl (C=O) groups excluding carboxylic acids is 2. The highest BCUT2D eigenvalue weighted by Gasteiger charge is 2.41. The summed E-state index contributed by atoms with van der Waals surface area (Å²) in [4.78, 5) is 26.7. The Balaban J connectivity index is 1.38. The van der Waals surface area contributed by atoms with Gasteiger partial charge in [-0.2, -0.15) is 13.2 Å². The van der Waals surface area contributed by atoms with Gasteiger partial charge in [-0.25, -0.2) is 0 Å². The van der Waals surface area contributed by atoms with Crippen LogP contribution in [0, 0.1) is 5.92 Å². The first kappa shape index (κ1) is 21.6. The second-order valence-electron chi connectivity index (χ2n) is 7.81. The molecule has 2 atom stereocenters. The summed E-state index contributed by atoms with van der Waals surface area (Å²) in [7, 11) is 0. The Morgan fingerprint density at radius 3 is 2.58 bits per heavy atom. The van der Waals surface area contributed by atoms with Crippen LogP contribution in [0.15, 0.2) is 36.4 Å². The number of thiophene rings is 1. The lowest BCUT2D eigenvalue weighted by Gasteiger charge is -2.49. The number of amides is 2. The van der Waals surface area contributed by atoms with Crippen LogP contribution in [0.2, 0.25) is 0 Å². The topological polar surface area (TPSA) is 70.7 Å². The molecule has 3 aliphatic heterocycles. The number of fused-ring (bicyclic) bond motifs is 3. The molecule has 10 heteroatoms. The van der Waals surface area contributed by atoms with Gasteiger partial charge in [-0.3, -0.25) is 14.5 Å². The average molecular weight is 453 g/mol. The van der Waals surface area contributed by atoms with Crippen molar-refractivity contribution in [2.45, 2.75) is 38.0 Å². The predicted octanol–water partition coefficient (Wildman–Crippen LogP) is 4.25. The lowest BCUT2D eigenvalue weighted by molar-refractivity contribution is -0.167. The maximum Gasteiger partial charge on any atom is 0.471 e. The number of ether oxygens (including phenoxy) is 1. The number of halogens is 3. The quantitative estimate of drug-likeness (QED) is 0.710. The molecular formula is C21H22F3N3O3S. The van der Waals surface area contributed by atoms with Crippen LogP contribution in [0.25, 0.3) is 0 Å². The number of alkyl halides is 3. The van der Waals surface area contributed by atoms with Crippen LogP contribution >= 0.6 is 11.3 Å². The Hall–Kier alpha value is -2.59. The number of benzene rings is 1. The second kappa shape index (κ2) is 8.51. The highest BCUT2D eigenvalue weighted by Crippen LogP contribution is 2.34. The normalized spacial score (nSPS) is 25.2. The van der Waals surface area contributed by atoms with E-state index in [9.17, 15) is 22.8 Å². The molecule has 6 nitrogen and oxygen atoms in total. The zero-order valence-corrected chi connectivity index (χ0v) is 17.6. The van der Waals surface area contributed by atoms with Crippen molar-refractivity contribution in [1.29, 1.82) is 0 Å². The van der Waals surface area contributed by atoms with Gasteiger partial charge in [0.05, 0.1) is 4.88 Å². The van der Waals surface area contributed by atoms with Gasteiger partial charge in [-0.05, 0) is 63.0 Å². The van der Waals surface area contributed by atoms with E-state index in [1.807, 2.05) is 0 Å². The van der Waals surface area contributed by atoms with Crippen LogP contribution in [0.1, 0.15) is 29.4 Å². The van der Waals surface area contributed by atoms with Crippen molar-refractivity contribution in [2.75, 3.05) is 18.4 Å². The summed E-state index contributed by atoms with van der Waals surface area (Å²) < 4.78 is 42.9. The van der Waals surface area contributed by atoms with E-state index in [1.165, 1.54) is 18.2 Å². The van der Waals surface area contributed by atoms with Gasteiger partial charge in [0, 0.05) is 23.8 Å². The Labute approximate surface area is 181 Å². The van der Waals surface area contributed by atoms with Crippen molar-refractivity contribution in [3.63, 3.8) is 0 Å². The highest BCUT2D eigenvalue weighted by molar-refractivity contribution is 7.15. The molecule has 2 aromatic rings. The largest absolute Gasteiger partial charge is 0.471 e. The lowest BCUT2D eigenvalue weighted by Crippen LogP contribution is -2.62.